The van der Waals surface area contributed by atoms with Gasteiger partial charge in [-0.2, -0.15) is 0 Å². The molecule has 1 amide bonds. The van der Waals surface area contributed by atoms with Crippen molar-refractivity contribution in [3.05, 3.63) is 99.2 Å². The largest absolute Gasteiger partial charge is 0.495 e. The zero-order chi connectivity index (χ0) is 26.4. The van der Waals surface area contributed by atoms with Gasteiger partial charge in [-0.05, 0) is 66.1 Å². The molecule has 1 heterocycles. The van der Waals surface area contributed by atoms with Gasteiger partial charge in [0.2, 0.25) is 0 Å². The summed E-state index contributed by atoms with van der Waals surface area (Å²) in [4.78, 5) is 15.0. The van der Waals surface area contributed by atoms with E-state index in [1.807, 2.05) is 48.6 Å². The maximum absolute atomic E-state index is 13.3. The van der Waals surface area contributed by atoms with Gasteiger partial charge < -0.3 is 25.4 Å². The van der Waals surface area contributed by atoms with Crippen molar-refractivity contribution < 1.29 is 24.5 Å². The van der Waals surface area contributed by atoms with E-state index in [-0.39, 0.29) is 13.2 Å². The Balaban J connectivity index is 1.65. The Bertz CT molecular complexity index is 1260. The quantitative estimate of drug-likeness (QED) is 0.371. The van der Waals surface area contributed by atoms with Crippen LogP contribution in [0.15, 0.2) is 88.6 Å². The number of benzene rings is 2. The van der Waals surface area contributed by atoms with Gasteiger partial charge in [-0.15, -0.1) is 0 Å². The van der Waals surface area contributed by atoms with Crippen molar-refractivity contribution in [1.29, 1.82) is 0 Å². The second-order valence-corrected chi connectivity index (χ2v) is 10.0. The molecule has 2 atom stereocenters. The molecule has 2 aromatic carbocycles. The number of carbonyl (C=O) groups is 1. The third kappa shape index (κ3) is 7.05. The zero-order valence-corrected chi connectivity index (χ0v) is 22.4. The van der Waals surface area contributed by atoms with Crippen molar-refractivity contribution in [2.24, 2.45) is 0 Å². The lowest BCUT2D eigenvalue weighted by Gasteiger charge is -2.34. The van der Waals surface area contributed by atoms with E-state index in [2.05, 4.69) is 15.9 Å². The lowest BCUT2D eigenvalue weighted by molar-refractivity contribution is 0.0293. The summed E-state index contributed by atoms with van der Waals surface area (Å²) in [6.07, 6.45) is 9.26. The number of nitrogen functional groups attached to an aromatic ring is 1. The van der Waals surface area contributed by atoms with Crippen LogP contribution in [-0.4, -0.2) is 53.1 Å². The standard InChI is InChI=1S/C28H28BrClN2O5/c29-20-5-9-24(10-6-20)37-28(35)32-13-12-19(25-15-21(30)7-11-26(25)31)14-27(32)18-2-1-3-23(8-4-18)36-17-22(34)16-33/h1-2,4-11,14-15,22,27,33-34H,3,12-13,16-17,31H2. The fraction of sp³-hybridized carbons (Fsp3) is 0.250. The molecule has 4 N–H and O–H groups in total. The molecule has 37 heavy (non-hydrogen) atoms. The highest BCUT2D eigenvalue weighted by atomic mass is 79.9. The minimum absolute atomic E-state index is 0.00743. The Labute approximate surface area is 229 Å². The molecule has 2 unspecified atom stereocenters. The number of aliphatic hydroxyl groups is 2. The molecule has 2 aliphatic rings. The molecule has 4 rings (SSSR count). The van der Waals surface area contributed by atoms with E-state index < -0.39 is 18.2 Å². The summed E-state index contributed by atoms with van der Waals surface area (Å²) in [5.41, 5.74) is 9.56. The van der Waals surface area contributed by atoms with Crippen molar-refractivity contribution >= 4 is 44.9 Å². The Morgan fingerprint density at radius 3 is 2.76 bits per heavy atom. The summed E-state index contributed by atoms with van der Waals surface area (Å²) in [6, 6.07) is 12.0. The summed E-state index contributed by atoms with van der Waals surface area (Å²) < 4.78 is 12.2. The van der Waals surface area contributed by atoms with Crippen LogP contribution in [0.5, 0.6) is 5.75 Å². The van der Waals surface area contributed by atoms with Gasteiger partial charge in [0.25, 0.3) is 0 Å². The first-order chi connectivity index (χ1) is 17.8. The lowest BCUT2D eigenvalue weighted by Crippen LogP contribution is -2.44. The number of hydrogen-bond donors (Lipinski definition) is 3. The van der Waals surface area contributed by atoms with Crippen LogP contribution in [0, 0.1) is 0 Å². The Hall–Kier alpha value is -3.04. The fourth-order valence-electron chi connectivity index (χ4n) is 4.10. The van der Waals surface area contributed by atoms with Crippen LogP contribution in [0.1, 0.15) is 18.4 Å². The molecule has 7 nitrogen and oxygen atoms in total. The number of nitrogens with two attached hydrogens (primary N) is 1. The lowest BCUT2D eigenvalue weighted by atomic mass is 9.91. The highest BCUT2D eigenvalue weighted by Crippen LogP contribution is 2.34. The molecular weight excluding hydrogens is 560 g/mol. The average molecular weight is 588 g/mol. The third-order valence-corrected chi connectivity index (χ3v) is 6.80. The monoisotopic (exact) mass is 586 g/mol. The molecule has 0 saturated carbocycles. The molecule has 2 aromatic rings. The molecule has 0 spiro atoms. The number of ether oxygens (including phenoxy) is 2. The van der Waals surface area contributed by atoms with Gasteiger partial charge in [0.1, 0.15) is 18.5 Å². The molecular formula is C28H28BrClN2O5. The van der Waals surface area contributed by atoms with Crippen LogP contribution in [0.3, 0.4) is 0 Å². The van der Waals surface area contributed by atoms with E-state index in [4.69, 9.17) is 31.9 Å². The number of halogens is 2. The number of allylic oxidation sites excluding steroid dienone is 3. The maximum Gasteiger partial charge on any atom is 0.416 e. The SMILES string of the molecule is Nc1ccc(Cl)cc1C1=CC(C2=CC=C(OCC(O)CO)CC=C2)N(C(=O)Oc2ccc(Br)cc2)CC1. The average Bonchev–Trinajstić information content (AvgIpc) is 3.15. The Kier molecular flexibility index (Phi) is 9.10. The molecule has 0 fully saturated rings. The van der Waals surface area contributed by atoms with E-state index in [1.165, 1.54) is 0 Å². The van der Waals surface area contributed by atoms with Crippen LogP contribution >= 0.6 is 27.5 Å². The van der Waals surface area contributed by atoms with Gasteiger partial charge in [0.15, 0.2) is 0 Å². The van der Waals surface area contributed by atoms with Crippen molar-refractivity contribution in [2.75, 3.05) is 25.5 Å². The smallest absolute Gasteiger partial charge is 0.416 e. The Morgan fingerprint density at radius 2 is 2.00 bits per heavy atom. The van der Waals surface area contributed by atoms with Crippen molar-refractivity contribution in [3.63, 3.8) is 0 Å². The molecule has 9 heteroatoms. The first-order valence-corrected chi connectivity index (χ1v) is 13.0. The summed E-state index contributed by atoms with van der Waals surface area (Å²) in [6.45, 7) is 0.0349. The second kappa shape index (κ2) is 12.5. The van der Waals surface area contributed by atoms with Crippen LogP contribution < -0.4 is 10.5 Å². The predicted octanol–water partition coefficient (Wildman–Crippen LogP) is 5.48. The third-order valence-electron chi connectivity index (χ3n) is 6.04. The molecule has 1 aliphatic heterocycles. The van der Waals surface area contributed by atoms with Crippen LogP contribution in [0.2, 0.25) is 5.02 Å². The Morgan fingerprint density at radius 1 is 1.22 bits per heavy atom. The zero-order valence-electron chi connectivity index (χ0n) is 20.0. The summed E-state index contributed by atoms with van der Waals surface area (Å²) in [7, 11) is 0. The van der Waals surface area contributed by atoms with Crippen molar-refractivity contribution in [2.45, 2.75) is 25.0 Å². The van der Waals surface area contributed by atoms with Gasteiger partial charge in [0.05, 0.1) is 18.4 Å². The highest BCUT2D eigenvalue weighted by molar-refractivity contribution is 9.10. The van der Waals surface area contributed by atoms with Gasteiger partial charge >= 0.3 is 6.09 Å². The molecule has 0 radical (unpaired) electrons. The minimum atomic E-state index is -0.951. The van der Waals surface area contributed by atoms with E-state index in [1.54, 1.807) is 29.2 Å². The van der Waals surface area contributed by atoms with E-state index in [0.717, 1.165) is 21.2 Å². The molecule has 0 bridgehead atoms. The maximum atomic E-state index is 13.3. The van der Waals surface area contributed by atoms with E-state index in [9.17, 15) is 9.90 Å². The van der Waals surface area contributed by atoms with Crippen LogP contribution in [-0.2, 0) is 4.74 Å². The number of amides is 1. The molecule has 1 aliphatic carbocycles. The molecule has 194 valence electrons. The van der Waals surface area contributed by atoms with Crippen LogP contribution in [0.25, 0.3) is 5.57 Å². The van der Waals surface area contributed by atoms with E-state index >= 15 is 0 Å². The second-order valence-electron chi connectivity index (χ2n) is 8.69. The van der Waals surface area contributed by atoms with Gasteiger partial charge in [0, 0.05) is 33.7 Å². The molecule has 0 aromatic heterocycles. The van der Waals surface area contributed by atoms with Crippen molar-refractivity contribution in [1.82, 2.24) is 4.90 Å². The number of nitrogens with zero attached hydrogens (tertiary/aromatic N) is 1. The summed E-state index contributed by atoms with van der Waals surface area (Å²) in [5.74, 6) is 1.09. The summed E-state index contributed by atoms with van der Waals surface area (Å²) >= 11 is 9.64. The minimum Gasteiger partial charge on any atom is -0.495 e. The summed E-state index contributed by atoms with van der Waals surface area (Å²) in [5, 5.41) is 19.2. The van der Waals surface area contributed by atoms with Gasteiger partial charge in [-0.25, -0.2) is 4.79 Å². The van der Waals surface area contributed by atoms with Gasteiger partial charge in [-0.1, -0.05) is 51.8 Å². The topological polar surface area (TPSA) is 105 Å². The number of anilines is 1. The normalized spacial score (nSPS) is 18.3. The van der Waals surface area contributed by atoms with Crippen molar-refractivity contribution in [3.8, 4) is 5.75 Å². The molecule has 0 saturated heterocycles. The first-order valence-electron chi connectivity index (χ1n) is 11.8. The fourth-order valence-corrected chi connectivity index (χ4v) is 4.54. The number of aliphatic hydroxyl groups excluding tert-OH is 2. The predicted molar refractivity (Wildman–Crippen MR) is 148 cm³/mol. The van der Waals surface area contributed by atoms with Gasteiger partial charge in [-0.3, -0.25) is 4.90 Å². The number of carbonyl (C=O) groups excluding carboxylic acids is 1. The van der Waals surface area contributed by atoms with Crippen LogP contribution in [0.4, 0.5) is 10.5 Å². The highest BCUT2D eigenvalue weighted by Gasteiger charge is 2.31. The first kappa shape index (κ1) is 27.0. The van der Waals surface area contributed by atoms with E-state index in [0.29, 0.717) is 41.6 Å². The number of rotatable bonds is 7. The number of hydrogen-bond acceptors (Lipinski definition) is 6.